The fourth-order valence-corrected chi connectivity index (χ4v) is 1.56. The predicted molar refractivity (Wildman–Crippen MR) is 76.5 cm³/mol. The molecule has 0 fully saturated rings. The van der Waals surface area contributed by atoms with Gasteiger partial charge in [-0.05, 0) is 24.3 Å². The van der Waals surface area contributed by atoms with Crippen molar-refractivity contribution in [2.45, 2.75) is 0 Å². The molecule has 1 aromatic carbocycles. The fraction of sp³-hybridized carbons (Fsp3) is 0.0667. The molecule has 2 rings (SSSR count). The maximum atomic E-state index is 13.4. The van der Waals surface area contributed by atoms with E-state index in [2.05, 4.69) is 4.98 Å². The molecule has 7 nitrogen and oxygen atoms in total. The third-order valence-electron chi connectivity index (χ3n) is 2.64. The Kier molecular flexibility index (Phi) is 5.35. The monoisotopic (exact) mass is 317 g/mol. The van der Waals surface area contributed by atoms with E-state index in [1.54, 1.807) is 12.1 Å². The minimum absolute atomic E-state index is 0.0516. The number of hydrogen-bond donors (Lipinski definition) is 2. The number of pyridine rings is 1. The van der Waals surface area contributed by atoms with E-state index in [9.17, 15) is 18.8 Å². The molecular weight excluding hydrogens is 305 g/mol. The minimum atomic E-state index is -0.826. The Balaban J connectivity index is 1.78. The third-order valence-corrected chi connectivity index (χ3v) is 2.64. The van der Waals surface area contributed by atoms with E-state index in [0.717, 1.165) is 6.07 Å². The number of ether oxygens (including phenoxy) is 1. The normalized spacial score (nSPS) is 9.78. The highest BCUT2D eigenvalue weighted by Gasteiger charge is 2.13. The van der Waals surface area contributed by atoms with E-state index >= 15 is 0 Å². The fourth-order valence-electron chi connectivity index (χ4n) is 1.56. The topological polar surface area (TPSA) is 97.4 Å². The first kappa shape index (κ1) is 16.1. The lowest BCUT2D eigenvalue weighted by atomic mass is 10.2. The molecule has 1 aromatic heterocycles. The average Bonchev–Trinajstić information content (AvgIpc) is 2.58. The van der Waals surface area contributed by atoms with Gasteiger partial charge >= 0.3 is 5.97 Å². The smallest absolute Gasteiger partial charge is 0.357 e. The molecule has 2 amide bonds. The number of esters is 1. The van der Waals surface area contributed by atoms with Crippen LogP contribution in [-0.4, -0.2) is 29.4 Å². The van der Waals surface area contributed by atoms with Gasteiger partial charge in [0.05, 0.1) is 5.56 Å². The zero-order valence-corrected chi connectivity index (χ0v) is 11.8. The number of rotatable bonds is 4. The Bertz CT molecular complexity index is 722. The second-order valence-electron chi connectivity index (χ2n) is 4.27. The molecule has 0 aliphatic carbocycles. The lowest BCUT2D eigenvalue weighted by molar-refractivity contribution is -0.125. The van der Waals surface area contributed by atoms with Gasteiger partial charge in [-0.1, -0.05) is 18.2 Å². The van der Waals surface area contributed by atoms with E-state index in [0.29, 0.717) is 0 Å². The number of hydrazine groups is 1. The van der Waals surface area contributed by atoms with E-state index in [4.69, 9.17) is 4.74 Å². The van der Waals surface area contributed by atoms with Crippen LogP contribution in [-0.2, 0) is 9.53 Å². The molecule has 0 aliphatic heterocycles. The highest BCUT2D eigenvalue weighted by atomic mass is 19.1. The van der Waals surface area contributed by atoms with Crippen molar-refractivity contribution >= 4 is 17.8 Å². The van der Waals surface area contributed by atoms with Crippen molar-refractivity contribution in [1.82, 2.24) is 15.8 Å². The first-order chi connectivity index (χ1) is 11.1. The molecule has 2 N–H and O–H groups in total. The molecule has 0 radical (unpaired) electrons. The molecule has 0 aliphatic rings. The molecule has 0 saturated heterocycles. The summed E-state index contributed by atoms with van der Waals surface area (Å²) in [5, 5.41) is 0. The molecule has 1 heterocycles. The zero-order chi connectivity index (χ0) is 16.7. The van der Waals surface area contributed by atoms with Crippen molar-refractivity contribution in [2.24, 2.45) is 0 Å². The number of amides is 2. The maximum absolute atomic E-state index is 13.4. The zero-order valence-electron chi connectivity index (χ0n) is 11.8. The van der Waals surface area contributed by atoms with Crippen molar-refractivity contribution < 1.29 is 23.5 Å². The number of aromatic nitrogens is 1. The van der Waals surface area contributed by atoms with Gasteiger partial charge in [0.2, 0.25) is 0 Å². The summed E-state index contributed by atoms with van der Waals surface area (Å²) in [6.45, 7) is -0.618. The molecule has 0 atom stereocenters. The van der Waals surface area contributed by atoms with Crippen LogP contribution < -0.4 is 10.9 Å². The van der Waals surface area contributed by atoms with Crippen LogP contribution in [0.2, 0.25) is 0 Å². The maximum Gasteiger partial charge on any atom is 0.357 e. The van der Waals surface area contributed by atoms with Crippen LogP contribution in [0.3, 0.4) is 0 Å². The SMILES string of the molecule is O=C(COC(=O)c1ccccn1)NNC(=O)c1ccccc1F. The van der Waals surface area contributed by atoms with Gasteiger partial charge in [0.15, 0.2) is 6.61 Å². The second kappa shape index (κ2) is 7.64. The van der Waals surface area contributed by atoms with E-state index in [1.165, 1.54) is 30.5 Å². The predicted octanol–water partition coefficient (Wildman–Crippen LogP) is 0.839. The molecule has 0 spiro atoms. The molecule has 118 valence electrons. The van der Waals surface area contributed by atoms with E-state index in [1.807, 2.05) is 10.9 Å². The summed E-state index contributed by atoms with van der Waals surface area (Å²) in [5.74, 6) is -3.10. The van der Waals surface area contributed by atoms with Gasteiger partial charge < -0.3 is 4.74 Å². The van der Waals surface area contributed by atoms with E-state index < -0.39 is 30.2 Å². The van der Waals surface area contributed by atoms with Crippen LogP contribution in [0.4, 0.5) is 4.39 Å². The molecule has 0 bridgehead atoms. The quantitative estimate of drug-likeness (QED) is 0.643. The van der Waals surface area contributed by atoms with Crippen LogP contribution in [0.5, 0.6) is 0 Å². The van der Waals surface area contributed by atoms with Gasteiger partial charge in [0.25, 0.3) is 11.8 Å². The van der Waals surface area contributed by atoms with Crippen LogP contribution >= 0.6 is 0 Å². The largest absolute Gasteiger partial charge is 0.451 e. The summed E-state index contributed by atoms with van der Waals surface area (Å²) in [6, 6.07) is 9.94. The summed E-state index contributed by atoms with van der Waals surface area (Å²) < 4.78 is 18.1. The van der Waals surface area contributed by atoms with Gasteiger partial charge in [0, 0.05) is 6.20 Å². The molecule has 8 heteroatoms. The van der Waals surface area contributed by atoms with Gasteiger partial charge in [-0.15, -0.1) is 0 Å². The van der Waals surface area contributed by atoms with Crippen molar-refractivity contribution in [2.75, 3.05) is 6.61 Å². The highest BCUT2D eigenvalue weighted by molar-refractivity contribution is 5.96. The summed E-state index contributed by atoms with van der Waals surface area (Å²) in [4.78, 5) is 38.4. The Labute approximate surface area is 130 Å². The summed E-state index contributed by atoms with van der Waals surface area (Å²) in [5.41, 5.74) is 3.86. The standard InChI is InChI=1S/C15H12FN3O4/c16-11-6-2-1-5-10(11)14(21)19-18-13(20)9-23-15(22)12-7-3-4-8-17-12/h1-8H,9H2,(H,18,20)(H,19,21). The molecule has 2 aromatic rings. The Hall–Kier alpha value is -3.29. The first-order valence-corrected chi connectivity index (χ1v) is 6.50. The molecule has 0 unspecified atom stereocenters. The first-order valence-electron chi connectivity index (χ1n) is 6.50. The average molecular weight is 317 g/mol. The number of carbonyl (C=O) groups is 3. The van der Waals surface area contributed by atoms with Gasteiger partial charge in [-0.3, -0.25) is 20.4 Å². The molecular formula is C15H12FN3O4. The number of nitrogens with zero attached hydrogens (tertiary/aromatic N) is 1. The summed E-state index contributed by atoms with van der Waals surface area (Å²) in [7, 11) is 0. The van der Waals surface area contributed by atoms with Crippen molar-refractivity contribution in [1.29, 1.82) is 0 Å². The Morgan fingerprint density at radius 1 is 1.04 bits per heavy atom. The number of halogens is 1. The second-order valence-corrected chi connectivity index (χ2v) is 4.27. The van der Waals surface area contributed by atoms with Crippen molar-refractivity contribution in [3.05, 3.63) is 65.7 Å². The molecule has 0 saturated carbocycles. The van der Waals surface area contributed by atoms with Crippen molar-refractivity contribution in [3.8, 4) is 0 Å². The number of carbonyl (C=O) groups excluding carboxylic acids is 3. The lowest BCUT2D eigenvalue weighted by Gasteiger charge is -2.08. The number of hydrogen-bond acceptors (Lipinski definition) is 5. The summed E-state index contributed by atoms with van der Waals surface area (Å²) in [6.07, 6.45) is 1.41. The Morgan fingerprint density at radius 2 is 1.78 bits per heavy atom. The third kappa shape index (κ3) is 4.60. The van der Waals surface area contributed by atoms with Crippen LogP contribution in [0, 0.1) is 5.82 Å². The van der Waals surface area contributed by atoms with Crippen LogP contribution in [0.25, 0.3) is 0 Å². The van der Waals surface area contributed by atoms with Gasteiger partial charge in [-0.25, -0.2) is 14.2 Å². The lowest BCUT2D eigenvalue weighted by Crippen LogP contribution is -2.43. The van der Waals surface area contributed by atoms with Crippen LogP contribution in [0.15, 0.2) is 48.7 Å². The number of benzene rings is 1. The van der Waals surface area contributed by atoms with E-state index in [-0.39, 0.29) is 11.3 Å². The Morgan fingerprint density at radius 3 is 2.48 bits per heavy atom. The number of nitrogens with one attached hydrogen (secondary N) is 2. The van der Waals surface area contributed by atoms with Gasteiger partial charge in [-0.2, -0.15) is 0 Å². The van der Waals surface area contributed by atoms with Crippen molar-refractivity contribution in [3.63, 3.8) is 0 Å². The van der Waals surface area contributed by atoms with Gasteiger partial charge in [0.1, 0.15) is 11.5 Å². The molecule has 23 heavy (non-hydrogen) atoms. The highest BCUT2D eigenvalue weighted by Crippen LogP contribution is 2.05. The minimum Gasteiger partial charge on any atom is -0.451 e. The summed E-state index contributed by atoms with van der Waals surface area (Å²) >= 11 is 0. The van der Waals surface area contributed by atoms with Crippen LogP contribution in [0.1, 0.15) is 20.8 Å².